The van der Waals surface area contributed by atoms with Crippen LogP contribution in [0, 0.1) is 11.8 Å². The number of hydrogen-bond donors (Lipinski definition) is 1. The van der Waals surface area contributed by atoms with Gasteiger partial charge in [-0.25, -0.2) is 0 Å². The van der Waals surface area contributed by atoms with Gasteiger partial charge in [0.25, 0.3) is 0 Å². The molecule has 124 valence electrons. The molecule has 6 heteroatoms. The van der Waals surface area contributed by atoms with Gasteiger partial charge < -0.3 is 19.9 Å². The zero-order chi connectivity index (χ0) is 15.7. The van der Waals surface area contributed by atoms with Crippen LogP contribution >= 0.6 is 0 Å². The highest BCUT2D eigenvalue weighted by Gasteiger charge is 2.40. The molecule has 2 unspecified atom stereocenters. The smallest absolute Gasteiger partial charge is 0.228 e. The molecule has 3 saturated heterocycles. The second-order valence-electron chi connectivity index (χ2n) is 7.26. The van der Waals surface area contributed by atoms with Crippen molar-refractivity contribution in [2.75, 3.05) is 39.4 Å². The van der Waals surface area contributed by atoms with Crippen LogP contribution in [-0.2, 0) is 14.3 Å². The number of likely N-dealkylation sites (tertiary alicyclic amines) is 2. The first-order valence-corrected chi connectivity index (χ1v) is 8.43. The van der Waals surface area contributed by atoms with Crippen LogP contribution in [0.5, 0.6) is 0 Å². The maximum absolute atomic E-state index is 12.5. The van der Waals surface area contributed by atoms with Crippen molar-refractivity contribution in [1.29, 1.82) is 0 Å². The molecular formula is C16H27N3O3. The SMILES string of the molecule is CC(C)CN1CC(C(=O)N2CC(NC3CCOC3)C2)CC1=O. The molecule has 0 aromatic carbocycles. The van der Waals surface area contributed by atoms with Gasteiger partial charge in [0.2, 0.25) is 11.8 Å². The maximum Gasteiger partial charge on any atom is 0.228 e. The van der Waals surface area contributed by atoms with Crippen molar-refractivity contribution in [3.8, 4) is 0 Å². The van der Waals surface area contributed by atoms with E-state index in [0.717, 1.165) is 39.3 Å². The van der Waals surface area contributed by atoms with Gasteiger partial charge >= 0.3 is 0 Å². The molecule has 0 aromatic rings. The molecule has 3 rings (SSSR count). The van der Waals surface area contributed by atoms with Crippen LogP contribution in [0.25, 0.3) is 0 Å². The predicted octanol–water partition coefficient (Wildman–Crippen LogP) is 0.0802. The molecule has 3 aliphatic heterocycles. The number of nitrogens with one attached hydrogen (secondary N) is 1. The van der Waals surface area contributed by atoms with E-state index in [1.54, 1.807) is 0 Å². The van der Waals surface area contributed by atoms with Crippen molar-refractivity contribution in [2.45, 2.75) is 38.8 Å². The lowest BCUT2D eigenvalue weighted by molar-refractivity contribution is -0.140. The molecule has 2 amide bonds. The van der Waals surface area contributed by atoms with Crippen molar-refractivity contribution in [3.05, 3.63) is 0 Å². The van der Waals surface area contributed by atoms with Crippen molar-refractivity contribution >= 4 is 11.8 Å². The molecule has 3 aliphatic rings. The zero-order valence-electron chi connectivity index (χ0n) is 13.6. The van der Waals surface area contributed by atoms with Gasteiger partial charge in [0.1, 0.15) is 0 Å². The number of ether oxygens (including phenoxy) is 1. The zero-order valence-corrected chi connectivity index (χ0v) is 13.6. The Morgan fingerprint density at radius 3 is 2.73 bits per heavy atom. The largest absolute Gasteiger partial charge is 0.380 e. The molecule has 0 bridgehead atoms. The van der Waals surface area contributed by atoms with E-state index in [2.05, 4.69) is 19.2 Å². The van der Waals surface area contributed by atoms with Crippen molar-refractivity contribution in [1.82, 2.24) is 15.1 Å². The molecule has 0 aliphatic carbocycles. The highest BCUT2D eigenvalue weighted by atomic mass is 16.5. The van der Waals surface area contributed by atoms with Gasteiger partial charge in [0.15, 0.2) is 0 Å². The summed E-state index contributed by atoms with van der Waals surface area (Å²) < 4.78 is 5.35. The molecule has 1 N–H and O–H groups in total. The summed E-state index contributed by atoms with van der Waals surface area (Å²) in [5.74, 6) is 0.594. The monoisotopic (exact) mass is 309 g/mol. The lowest BCUT2D eigenvalue weighted by atomic mass is 10.0. The Balaban J connectivity index is 1.42. The lowest BCUT2D eigenvalue weighted by Crippen LogP contribution is -2.62. The van der Waals surface area contributed by atoms with E-state index < -0.39 is 0 Å². The molecular weight excluding hydrogens is 282 g/mol. The van der Waals surface area contributed by atoms with Crippen LogP contribution in [-0.4, -0.2) is 73.1 Å². The van der Waals surface area contributed by atoms with Gasteiger partial charge in [0.05, 0.1) is 12.5 Å². The fourth-order valence-corrected chi connectivity index (χ4v) is 3.58. The highest BCUT2D eigenvalue weighted by Crippen LogP contribution is 2.23. The minimum absolute atomic E-state index is 0.130. The standard InChI is InChI=1S/C16H27N3O3/c1-11(2)6-18-7-12(5-15(18)20)16(21)19-8-14(9-19)17-13-3-4-22-10-13/h11-14,17H,3-10H2,1-2H3. The molecule has 6 nitrogen and oxygen atoms in total. The Kier molecular flexibility index (Phi) is 4.68. The first-order valence-electron chi connectivity index (χ1n) is 8.43. The number of amides is 2. The minimum Gasteiger partial charge on any atom is -0.380 e. The summed E-state index contributed by atoms with van der Waals surface area (Å²) >= 11 is 0. The molecule has 3 heterocycles. The summed E-state index contributed by atoms with van der Waals surface area (Å²) in [6, 6.07) is 0.830. The van der Waals surface area contributed by atoms with E-state index in [0.29, 0.717) is 31.0 Å². The second kappa shape index (κ2) is 6.54. The summed E-state index contributed by atoms with van der Waals surface area (Å²) in [5.41, 5.74) is 0. The van der Waals surface area contributed by atoms with Gasteiger partial charge in [0, 0.05) is 51.3 Å². The van der Waals surface area contributed by atoms with E-state index in [1.165, 1.54) is 0 Å². The molecule has 0 saturated carbocycles. The van der Waals surface area contributed by atoms with E-state index in [-0.39, 0.29) is 17.7 Å². The van der Waals surface area contributed by atoms with Crippen LogP contribution in [0.15, 0.2) is 0 Å². The first kappa shape index (κ1) is 15.7. The van der Waals surface area contributed by atoms with Crippen LogP contribution in [0.2, 0.25) is 0 Å². The Labute approximate surface area is 132 Å². The third-order valence-electron chi connectivity index (χ3n) is 4.74. The predicted molar refractivity (Wildman–Crippen MR) is 82.3 cm³/mol. The molecule has 2 atom stereocenters. The Morgan fingerprint density at radius 1 is 1.32 bits per heavy atom. The molecule has 0 spiro atoms. The number of nitrogens with zero attached hydrogens (tertiary/aromatic N) is 2. The quantitative estimate of drug-likeness (QED) is 0.781. The van der Waals surface area contributed by atoms with Crippen LogP contribution < -0.4 is 5.32 Å². The minimum atomic E-state index is -0.137. The van der Waals surface area contributed by atoms with E-state index >= 15 is 0 Å². The van der Waals surface area contributed by atoms with Crippen molar-refractivity contribution < 1.29 is 14.3 Å². The first-order chi connectivity index (χ1) is 10.5. The summed E-state index contributed by atoms with van der Waals surface area (Å²) in [6.07, 6.45) is 1.45. The number of carbonyl (C=O) groups excluding carboxylic acids is 2. The topological polar surface area (TPSA) is 61.9 Å². The molecule has 3 fully saturated rings. The summed E-state index contributed by atoms with van der Waals surface area (Å²) in [6.45, 7) is 8.71. The van der Waals surface area contributed by atoms with Gasteiger partial charge in [-0.2, -0.15) is 0 Å². The van der Waals surface area contributed by atoms with Gasteiger partial charge in [-0.05, 0) is 12.3 Å². The van der Waals surface area contributed by atoms with E-state index in [4.69, 9.17) is 4.74 Å². The number of carbonyl (C=O) groups is 2. The summed E-state index contributed by atoms with van der Waals surface area (Å²) in [4.78, 5) is 28.2. The number of hydrogen-bond acceptors (Lipinski definition) is 4. The van der Waals surface area contributed by atoms with Crippen LogP contribution in [0.3, 0.4) is 0 Å². The van der Waals surface area contributed by atoms with Crippen molar-refractivity contribution in [3.63, 3.8) is 0 Å². The van der Waals surface area contributed by atoms with Crippen LogP contribution in [0.4, 0.5) is 0 Å². The average Bonchev–Trinajstić information content (AvgIpc) is 3.03. The van der Waals surface area contributed by atoms with E-state index in [9.17, 15) is 9.59 Å². The average molecular weight is 309 g/mol. The lowest BCUT2D eigenvalue weighted by Gasteiger charge is -2.42. The van der Waals surface area contributed by atoms with E-state index in [1.807, 2.05) is 9.80 Å². The summed E-state index contributed by atoms with van der Waals surface area (Å²) in [7, 11) is 0. The van der Waals surface area contributed by atoms with Crippen molar-refractivity contribution in [2.24, 2.45) is 11.8 Å². The Bertz CT molecular complexity index is 428. The fraction of sp³-hybridized carbons (Fsp3) is 0.875. The number of rotatable bonds is 5. The third-order valence-corrected chi connectivity index (χ3v) is 4.74. The molecule has 22 heavy (non-hydrogen) atoms. The van der Waals surface area contributed by atoms with Gasteiger partial charge in [-0.15, -0.1) is 0 Å². The second-order valence-corrected chi connectivity index (χ2v) is 7.26. The Hall–Kier alpha value is -1.14. The maximum atomic E-state index is 12.5. The highest BCUT2D eigenvalue weighted by molar-refractivity contribution is 5.89. The Morgan fingerprint density at radius 2 is 2.09 bits per heavy atom. The normalized spacial score (nSPS) is 29.5. The molecule has 0 radical (unpaired) electrons. The van der Waals surface area contributed by atoms with Gasteiger partial charge in [-0.1, -0.05) is 13.8 Å². The fourth-order valence-electron chi connectivity index (χ4n) is 3.58. The third kappa shape index (κ3) is 3.43. The van der Waals surface area contributed by atoms with Crippen LogP contribution in [0.1, 0.15) is 26.7 Å². The van der Waals surface area contributed by atoms with Gasteiger partial charge in [-0.3, -0.25) is 9.59 Å². The summed E-state index contributed by atoms with van der Waals surface area (Å²) in [5, 5.41) is 3.54. The molecule has 0 aromatic heterocycles.